The molecule has 2 aromatic carbocycles. The van der Waals surface area contributed by atoms with Gasteiger partial charge in [0.25, 0.3) is 5.91 Å². The maximum Gasteiger partial charge on any atom is 0.277 e. The first kappa shape index (κ1) is 22.3. The lowest BCUT2D eigenvalue weighted by atomic mass is 9.93. The van der Waals surface area contributed by atoms with Crippen LogP contribution in [0, 0.1) is 5.82 Å². The smallest absolute Gasteiger partial charge is 0.277 e. The average Bonchev–Trinajstić information content (AvgIpc) is 3.48. The van der Waals surface area contributed by atoms with Crippen LogP contribution < -0.4 is 10.2 Å². The molecular formula is C25H20ClFN4O2S. The Bertz CT molecular complexity index is 1370. The standard InChI is InChI=1S/C25H20ClFN4O2S/c1-25(24(33)28-14-16-7-9-17(26)10-8-16)15-30-21(13-20(29-30)22-6-3-11-34-22)23(32)31(25)19-5-2-4-18(27)12-19/h2-13H,14-15H2,1H3,(H,28,33)/t25-/m0/s1. The minimum absolute atomic E-state index is 0.114. The maximum absolute atomic E-state index is 14.1. The maximum atomic E-state index is 14.1. The second kappa shape index (κ2) is 8.70. The number of hydrogen-bond donors (Lipinski definition) is 1. The molecular weight excluding hydrogens is 475 g/mol. The summed E-state index contributed by atoms with van der Waals surface area (Å²) in [5.41, 5.74) is 0.821. The van der Waals surface area contributed by atoms with Crippen molar-refractivity contribution in [1.29, 1.82) is 0 Å². The molecule has 0 radical (unpaired) electrons. The molecule has 0 unspecified atom stereocenters. The number of rotatable bonds is 5. The predicted molar refractivity (Wildman–Crippen MR) is 130 cm³/mol. The number of anilines is 1. The number of aromatic nitrogens is 2. The van der Waals surface area contributed by atoms with Gasteiger partial charge in [-0.15, -0.1) is 11.3 Å². The van der Waals surface area contributed by atoms with Crippen LogP contribution in [0.1, 0.15) is 23.0 Å². The van der Waals surface area contributed by atoms with Crippen LogP contribution in [0.15, 0.2) is 72.1 Å². The Morgan fingerprint density at radius 1 is 1.18 bits per heavy atom. The van der Waals surface area contributed by atoms with Crippen LogP contribution in [-0.4, -0.2) is 27.1 Å². The van der Waals surface area contributed by atoms with Gasteiger partial charge < -0.3 is 5.32 Å². The van der Waals surface area contributed by atoms with Crippen molar-refractivity contribution in [2.24, 2.45) is 0 Å². The average molecular weight is 495 g/mol. The molecule has 1 aliphatic rings. The summed E-state index contributed by atoms with van der Waals surface area (Å²) < 4.78 is 15.7. The van der Waals surface area contributed by atoms with Gasteiger partial charge in [-0.05, 0) is 60.3 Å². The highest BCUT2D eigenvalue weighted by Gasteiger charge is 2.49. The first-order chi connectivity index (χ1) is 16.3. The molecule has 3 heterocycles. The molecule has 5 rings (SSSR count). The monoisotopic (exact) mass is 494 g/mol. The zero-order valence-electron chi connectivity index (χ0n) is 18.2. The van der Waals surface area contributed by atoms with E-state index in [1.54, 1.807) is 35.9 Å². The molecule has 0 saturated carbocycles. The third kappa shape index (κ3) is 3.99. The second-order valence-corrected chi connectivity index (χ2v) is 9.64. The number of carbonyl (C=O) groups is 2. The van der Waals surface area contributed by atoms with Gasteiger partial charge in [-0.2, -0.15) is 5.10 Å². The molecule has 9 heteroatoms. The molecule has 1 atom stereocenters. The van der Waals surface area contributed by atoms with Crippen LogP contribution in [0.5, 0.6) is 0 Å². The summed E-state index contributed by atoms with van der Waals surface area (Å²) in [5, 5.41) is 10.1. The molecule has 2 amide bonds. The normalized spacial score (nSPS) is 17.5. The Hall–Kier alpha value is -3.49. The van der Waals surface area contributed by atoms with E-state index in [2.05, 4.69) is 10.4 Å². The lowest BCUT2D eigenvalue weighted by Gasteiger charge is -2.43. The van der Waals surface area contributed by atoms with Crippen LogP contribution in [-0.2, 0) is 17.9 Å². The van der Waals surface area contributed by atoms with Crippen molar-refractivity contribution < 1.29 is 14.0 Å². The van der Waals surface area contributed by atoms with Gasteiger partial charge in [-0.3, -0.25) is 19.2 Å². The van der Waals surface area contributed by atoms with Crippen LogP contribution in [0.3, 0.4) is 0 Å². The highest BCUT2D eigenvalue weighted by molar-refractivity contribution is 7.13. The summed E-state index contributed by atoms with van der Waals surface area (Å²) in [5.74, 6) is -1.29. The second-order valence-electron chi connectivity index (χ2n) is 8.25. The minimum Gasteiger partial charge on any atom is -0.350 e. The number of thiophene rings is 1. The number of benzene rings is 2. The molecule has 6 nitrogen and oxygen atoms in total. The van der Waals surface area contributed by atoms with Gasteiger partial charge in [-0.1, -0.05) is 35.9 Å². The third-order valence-electron chi connectivity index (χ3n) is 5.85. The third-order valence-corrected chi connectivity index (χ3v) is 6.99. The van der Waals surface area contributed by atoms with E-state index in [0.29, 0.717) is 22.1 Å². The van der Waals surface area contributed by atoms with Gasteiger partial charge >= 0.3 is 0 Å². The van der Waals surface area contributed by atoms with Crippen LogP contribution in [0.4, 0.5) is 10.1 Å². The van der Waals surface area contributed by atoms with E-state index < -0.39 is 17.3 Å². The minimum atomic E-state index is -1.34. The Labute approximate surface area is 204 Å². The number of amides is 2. The van der Waals surface area contributed by atoms with Crippen molar-refractivity contribution in [3.63, 3.8) is 0 Å². The predicted octanol–water partition coefficient (Wildman–Crippen LogP) is 5.14. The number of halogens is 2. The fourth-order valence-corrected chi connectivity index (χ4v) is 4.93. The Kier molecular flexibility index (Phi) is 5.71. The molecule has 1 N–H and O–H groups in total. The first-order valence-corrected chi connectivity index (χ1v) is 11.9. The van der Waals surface area contributed by atoms with Gasteiger partial charge in [0.15, 0.2) is 0 Å². The van der Waals surface area contributed by atoms with Crippen LogP contribution in [0.2, 0.25) is 5.02 Å². The van der Waals surface area contributed by atoms with E-state index in [1.807, 2.05) is 29.6 Å². The van der Waals surface area contributed by atoms with Gasteiger partial charge in [0.05, 0.1) is 11.4 Å². The lowest BCUT2D eigenvalue weighted by Crippen LogP contribution is -2.64. The zero-order chi connectivity index (χ0) is 23.9. The fraction of sp³-hybridized carbons (Fsp3) is 0.160. The summed E-state index contributed by atoms with van der Waals surface area (Å²) in [6.07, 6.45) is 0. The summed E-state index contributed by atoms with van der Waals surface area (Å²) >= 11 is 7.46. The van der Waals surface area contributed by atoms with E-state index in [1.165, 1.54) is 34.4 Å². The summed E-state index contributed by atoms with van der Waals surface area (Å²) in [7, 11) is 0. The molecule has 0 saturated heterocycles. The quantitative estimate of drug-likeness (QED) is 0.418. The van der Waals surface area contributed by atoms with Gasteiger partial charge in [0, 0.05) is 17.3 Å². The van der Waals surface area contributed by atoms with E-state index in [9.17, 15) is 14.0 Å². The van der Waals surface area contributed by atoms with E-state index >= 15 is 0 Å². The Morgan fingerprint density at radius 3 is 2.68 bits per heavy atom. The summed E-state index contributed by atoms with van der Waals surface area (Å²) in [4.78, 5) is 29.5. The molecule has 2 aromatic heterocycles. The van der Waals surface area contributed by atoms with Crippen molar-refractivity contribution in [2.75, 3.05) is 4.90 Å². The van der Waals surface area contributed by atoms with E-state index in [0.717, 1.165) is 10.4 Å². The molecule has 0 spiro atoms. The molecule has 0 aliphatic carbocycles. The number of fused-ring (bicyclic) bond motifs is 1. The molecule has 4 aromatic rings. The molecule has 1 aliphatic heterocycles. The van der Waals surface area contributed by atoms with Crippen LogP contribution >= 0.6 is 22.9 Å². The van der Waals surface area contributed by atoms with Gasteiger partial charge in [0.1, 0.15) is 22.7 Å². The molecule has 34 heavy (non-hydrogen) atoms. The van der Waals surface area contributed by atoms with Gasteiger partial charge in [-0.25, -0.2) is 4.39 Å². The topological polar surface area (TPSA) is 67.2 Å². The van der Waals surface area contributed by atoms with Crippen molar-refractivity contribution in [1.82, 2.24) is 15.1 Å². The number of hydrogen-bond acceptors (Lipinski definition) is 4. The SMILES string of the molecule is C[C@@]1(C(=O)NCc2ccc(Cl)cc2)Cn2nc(-c3cccs3)cc2C(=O)N1c1cccc(F)c1. The summed E-state index contributed by atoms with van der Waals surface area (Å²) in [6.45, 7) is 2.04. The highest BCUT2D eigenvalue weighted by Crippen LogP contribution is 2.35. The Morgan fingerprint density at radius 2 is 1.97 bits per heavy atom. The van der Waals surface area contributed by atoms with Crippen LogP contribution in [0.25, 0.3) is 10.6 Å². The number of nitrogens with zero attached hydrogens (tertiary/aromatic N) is 3. The van der Waals surface area contributed by atoms with Crippen molar-refractivity contribution >= 4 is 40.4 Å². The molecule has 0 bridgehead atoms. The number of nitrogens with one attached hydrogen (secondary N) is 1. The molecule has 172 valence electrons. The Balaban J connectivity index is 1.53. The van der Waals surface area contributed by atoms with Crippen molar-refractivity contribution in [3.05, 3.63) is 94.2 Å². The fourth-order valence-electron chi connectivity index (χ4n) is 4.12. The largest absolute Gasteiger partial charge is 0.350 e. The van der Waals surface area contributed by atoms with Crippen molar-refractivity contribution in [3.8, 4) is 10.6 Å². The van der Waals surface area contributed by atoms with E-state index in [4.69, 9.17) is 11.6 Å². The highest BCUT2D eigenvalue weighted by atomic mass is 35.5. The molecule has 0 fully saturated rings. The van der Waals surface area contributed by atoms with E-state index in [-0.39, 0.29) is 19.0 Å². The lowest BCUT2D eigenvalue weighted by molar-refractivity contribution is -0.126. The summed E-state index contributed by atoms with van der Waals surface area (Å²) in [6, 6.07) is 18.4. The zero-order valence-corrected chi connectivity index (χ0v) is 19.7. The number of carbonyl (C=O) groups excluding carboxylic acids is 2. The first-order valence-electron chi connectivity index (χ1n) is 10.6. The van der Waals surface area contributed by atoms with Crippen molar-refractivity contribution in [2.45, 2.75) is 25.6 Å². The van der Waals surface area contributed by atoms with Gasteiger partial charge in [0.2, 0.25) is 5.91 Å².